The predicted octanol–water partition coefficient (Wildman–Crippen LogP) is 1.93. The first-order chi connectivity index (χ1) is 10.2. The van der Waals surface area contributed by atoms with E-state index in [0.29, 0.717) is 25.6 Å². The molecule has 1 saturated heterocycles. The van der Waals surface area contributed by atoms with E-state index in [-0.39, 0.29) is 5.91 Å². The van der Waals surface area contributed by atoms with Crippen molar-refractivity contribution in [3.63, 3.8) is 0 Å². The van der Waals surface area contributed by atoms with Gasteiger partial charge in [-0.3, -0.25) is 9.69 Å². The van der Waals surface area contributed by atoms with Gasteiger partial charge in [0, 0.05) is 18.0 Å². The van der Waals surface area contributed by atoms with Crippen molar-refractivity contribution in [1.29, 1.82) is 0 Å². The maximum Gasteiger partial charge on any atom is 0.237 e. The number of hydrogen-bond acceptors (Lipinski definition) is 4. The molecule has 5 heteroatoms. The summed E-state index contributed by atoms with van der Waals surface area (Å²) < 4.78 is 0. The topological polar surface area (TPSA) is 49.6 Å². The molecule has 1 atom stereocenters. The lowest BCUT2D eigenvalue weighted by Gasteiger charge is -2.33. The van der Waals surface area contributed by atoms with Gasteiger partial charge in [-0.05, 0) is 43.3 Å². The zero-order valence-electron chi connectivity index (χ0n) is 12.5. The Morgan fingerprint density at radius 2 is 2.48 bits per heavy atom. The van der Waals surface area contributed by atoms with Crippen LogP contribution in [0.15, 0.2) is 30.2 Å². The molecule has 0 spiro atoms. The second-order valence-corrected chi connectivity index (χ2v) is 6.65. The average Bonchev–Trinajstić information content (AvgIpc) is 3.00. The minimum Gasteiger partial charge on any atom is -0.333 e. The van der Waals surface area contributed by atoms with Crippen molar-refractivity contribution in [1.82, 2.24) is 9.80 Å². The first-order valence-corrected chi connectivity index (χ1v) is 8.44. The highest BCUT2D eigenvalue weighted by Crippen LogP contribution is 2.16. The number of rotatable bonds is 7. The molecule has 116 valence electrons. The van der Waals surface area contributed by atoms with Gasteiger partial charge in [0.05, 0.1) is 13.1 Å². The van der Waals surface area contributed by atoms with Crippen LogP contribution >= 0.6 is 11.3 Å². The van der Waals surface area contributed by atoms with E-state index >= 15 is 0 Å². The lowest BCUT2D eigenvalue weighted by Crippen LogP contribution is -2.45. The Balaban J connectivity index is 1.90. The highest BCUT2D eigenvalue weighted by atomic mass is 32.1. The van der Waals surface area contributed by atoms with E-state index in [4.69, 9.17) is 5.73 Å². The highest BCUT2D eigenvalue weighted by Gasteiger charge is 2.22. The molecule has 1 amide bonds. The van der Waals surface area contributed by atoms with Crippen LogP contribution in [0, 0.1) is 5.92 Å². The molecular formula is C16H25N3OS. The molecule has 0 radical (unpaired) electrons. The molecule has 0 saturated carbocycles. The average molecular weight is 307 g/mol. The first kappa shape index (κ1) is 16.2. The molecule has 21 heavy (non-hydrogen) atoms. The molecule has 1 unspecified atom stereocenters. The summed E-state index contributed by atoms with van der Waals surface area (Å²) in [5.74, 6) is 0.720. The smallest absolute Gasteiger partial charge is 0.237 e. The van der Waals surface area contributed by atoms with Crippen LogP contribution in [-0.4, -0.2) is 48.4 Å². The van der Waals surface area contributed by atoms with Crippen LogP contribution in [0.1, 0.15) is 17.7 Å². The number of piperidine rings is 1. The summed E-state index contributed by atoms with van der Waals surface area (Å²) in [5, 5.41) is 2.04. The molecule has 4 nitrogen and oxygen atoms in total. The standard InChI is InChI=1S/C16H25N3OS/c1-2-7-19(12-15-6-4-9-21-15)16(20)13-18-8-3-5-14(10-17)11-18/h2,4,6,9,14H,1,3,5,7-8,10-13,17H2. The van der Waals surface area contributed by atoms with E-state index < -0.39 is 0 Å². The third-order valence-corrected chi connectivity index (χ3v) is 4.79. The molecule has 0 aliphatic carbocycles. The lowest BCUT2D eigenvalue weighted by molar-refractivity contribution is -0.132. The van der Waals surface area contributed by atoms with Gasteiger partial charge in [-0.15, -0.1) is 17.9 Å². The molecule has 1 aliphatic heterocycles. The zero-order valence-corrected chi connectivity index (χ0v) is 13.4. The van der Waals surface area contributed by atoms with Crippen molar-refractivity contribution >= 4 is 17.2 Å². The molecule has 2 N–H and O–H groups in total. The Hall–Kier alpha value is -1.17. The van der Waals surface area contributed by atoms with Crippen molar-refractivity contribution in [3.05, 3.63) is 35.0 Å². The van der Waals surface area contributed by atoms with Crippen molar-refractivity contribution in [2.24, 2.45) is 11.7 Å². The van der Waals surface area contributed by atoms with Gasteiger partial charge in [0.25, 0.3) is 0 Å². The van der Waals surface area contributed by atoms with Gasteiger partial charge in [0.15, 0.2) is 0 Å². The predicted molar refractivity (Wildman–Crippen MR) is 88.2 cm³/mol. The van der Waals surface area contributed by atoms with Crippen LogP contribution < -0.4 is 5.73 Å². The van der Waals surface area contributed by atoms with Crippen LogP contribution in [0.4, 0.5) is 0 Å². The van der Waals surface area contributed by atoms with Crippen LogP contribution in [0.2, 0.25) is 0 Å². The Morgan fingerprint density at radius 3 is 3.14 bits per heavy atom. The van der Waals surface area contributed by atoms with E-state index in [1.165, 1.54) is 11.3 Å². The summed E-state index contributed by atoms with van der Waals surface area (Å²) in [6, 6.07) is 4.09. The maximum absolute atomic E-state index is 12.5. The SMILES string of the molecule is C=CCN(Cc1cccs1)C(=O)CN1CCCC(CN)C1. The molecule has 1 aromatic heterocycles. The fourth-order valence-corrected chi connectivity index (χ4v) is 3.50. The van der Waals surface area contributed by atoms with Gasteiger partial charge in [-0.2, -0.15) is 0 Å². The highest BCUT2D eigenvalue weighted by molar-refractivity contribution is 7.09. The summed E-state index contributed by atoms with van der Waals surface area (Å²) in [7, 11) is 0. The van der Waals surface area contributed by atoms with Crippen molar-refractivity contribution < 1.29 is 4.79 Å². The molecule has 2 rings (SSSR count). The molecule has 2 heterocycles. The third kappa shape index (κ3) is 4.95. The van der Waals surface area contributed by atoms with Gasteiger partial charge in [-0.25, -0.2) is 0 Å². The van der Waals surface area contributed by atoms with E-state index in [1.54, 1.807) is 17.4 Å². The van der Waals surface area contributed by atoms with Gasteiger partial charge in [-0.1, -0.05) is 12.1 Å². The van der Waals surface area contributed by atoms with Crippen LogP contribution in [0.5, 0.6) is 0 Å². The normalized spacial score (nSPS) is 19.4. The largest absolute Gasteiger partial charge is 0.333 e. The third-order valence-electron chi connectivity index (χ3n) is 3.92. The van der Waals surface area contributed by atoms with Gasteiger partial charge in [0.2, 0.25) is 5.91 Å². The molecule has 1 fully saturated rings. The second kappa shape index (κ2) is 8.32. The molecule has 0 bridgehead atoms. The van der Waals surface area contributed by atoms with Crippen LogP contribution in [0.3, 0.4) is 0 Å². The van der Waals surface area contributed by atoms with E-state index in [9.17, 15) is 4.79 Å². The van der Waals surface area contributed by atoms with E-state index in [0.717, 1.165) is 26.1 Å². The first-order valence-electron chi connectivity index (χ1n) is 7.56. The fraction of sp³-hybridized carbons (Fsp3) is 0.562. The minimum absolute atomic E-state index is 0.181. The summed E-state index contributed by atoms with van der Waals surface area (Å²) in [6.07, 6.45) is 4.12. The van der Waals surface area contributed by atoms with Gasteiger partial charge in [0.1, 0.15) is 0 Å². The quantitative estimate of drug-likeness (QED) is 0.783. The molecule has 1 aromatic rings. The monoisotopic (exact) mass is 307 g/mol. The number of nitrogens with zero attached hydrogens (tertiary/aromatic N) is 2. The van der Waals surface area contributed by atoms with Crippen molar-refractivity contribution in [2.45, 2.75) is 19.4 Å². The number of hydrogen-bond donors (Lipinski definition) is 1. The molecule has 1 aliphatic rings. The number of carbonyl (C=O) groups is 1. The Bertz CT molecular complexity index is 446. The Kier molecular flexibility index (Phi) is 6.42. The number of likely N-dealkylation sites (tertiary alicyclic amines) is 1. The van der Waals surface area contributed by atoms with Gasteiger partial charge >= 0.3 is 0 Å². The molecular weight excluding hydrogens is 282 g/mol. The summed E-state index contributed by atoms with van der Waals surface area (Å²) in [4.78, 5) is 17.9. The maximum atomic E-state index is 12.5. The second-order valence-electron chi connectivity index (χ2n) is 5.62. The van der Waals surface area contributed by atoms with Crippen molar-refractivity contribution in [2.75, 3.05) is 32.7 Å². The zero-order chi connectivity index (χ0) is 15.1. The summed E-state index contributed by atoms with van der Waals surface area (Å²) >= 11 is 1.69. The van der Waals surface area contributed by atoms with Crippen LogP contribution in [0.25, 0.3) is 0 Å². The Labute approximate surface area is 131 Å². The Morgan fingerprint density at radius 1 is 1.62 bits per heavy atom. The number of carbonyl (C=O) groups excluding carboxylic acids is 1. The number of amides is 1. The van der Waals surface area contributed by atoms with Gasteiger partial charge < -0.3 is 10.6 Å². The summed E-state index contributed by atoms with van der Waals surface area (Å²) in [5.41, 5.74) is 5.76. The number of nitrogens with two attached hydrogens (primary N) is 1. The molecule has 0 aromatic carbocycles. The number of thiophene rings is 1. The lowest BCUT2D eigenvalue weighted by atomic mass is 9.98. The minimum atomic E-state index is 0.181. The van der Waals surface area contributed by atoms with E-state index in [2.05, 4.69) is 17.5 Å². The fourth-order valence-electron chi connectivity index (χ4n) is 2.78. The van der Waals surface area contributed by atoms with Crippen molar-refractivity contribution in [3.8, 4) is 0 Å². The summed E-state index contributed by atoms with van der Waals surface area (Å²) in [6.45, 7) is 8.21. The van der Waals surface area contributed by atoms with Crippen LogP contribution in [-0.2, 0) is 11.3 Å². The van der Waals surface area contributed by atoms with E-state index in [1.807, 2.05) is 16.3 Å².